The Morgan fingerprint density at radius 2 is 1.77 bits per heavy atom. The van der Waals surface area contributed by atoms with Crippen LogP contribution in [0.4, 0.5) is 15.8 Å². The van der Waals surface area contributed by atoms with Gasteiger partial charge in [-0.15, -0.1) is 0 Å². The molecule has 1 amide bonds. The number of carbonyl (C=O) groups excluding carboxylic acids is 1. The zero-order chi connectivity index (χ0) is 25.2. The van der Waals surface area contributed by atoms with Crippen LogP contribution < -0.4 is 14.8 Å². The molecule has 0 fully saturated rings. The Bertz CT molecular complexity index is 1520. The number of phenolic OH excluding ortho intramolecular Hbond substituents is 1. The predicted molar refractivity (Wildman–Crippen MR) is 128 cm³/mol. The number of ether oxygens (including phenoxy) is 1. The van der Waals surface area contributed by atoms with Gasteiger partial charge >= 0.3 is 0 Å². The van der Waals surface area contributed by atoms with Crippen molar-refractivity contribution in [2.75, 3.05) is 17.1 Å². The number of para-hydroxylation sites is 3. The van der Waals surface area contributed by atoms with Gasteiger partial charge in [-0.3, -0.25) is 9.52 Å². The summed E-state index contributed by atoms with van der Waals surface area (Å²) in [6.45, 7) is 1.59. The fourth-order valence-corrected chi connectivity index (χ4v) is 4.50. The summed E-state index contributed by atoms with van der Waals surface area (Å²) in [5.74, 6) is -1.18. The molecule has 0 bridgehead atoms. The maximum atomic E-state index is 14.2. The van der Waals surface area contributed by atoms with Gasteiger partial charge in [-0.1, -0.05) is 24.3 Å². The lowest BCUT2D eigenvalue weighted by molar-refractivity contribution is 0.102. The van der Waals surface area contributed by atoms with Gasteiger partial charge in [0.1, 0.15) is 23.0 Å². The van der Waals surface area contributed by atoms with Crippen LogP contribution in [0.2, 0.25) is 0 Å². The number of benzene rings is 3. The fraction of sp³-hybridized carbons (Fsp3) is 0.0833. The molecule has 3 N–H and O–H groups in total. The van der Waals surface area contributed by atoms with Crippen molar-refractivity contribution in [2.24, 2.45) is 0 Å². The molecule has 4 rings (SSSR count). The minimum Gasteiger partial charge on any atom is -0.506 e. The maximum Gasteiger partial charge on any atom is 0.262 e. The summed E-state index contributed by atoms with van der Waals surface area (Å²) in [5.41, 5.74) is 0.741. The third kappa shape index (κ3) is 4.80. The van der Waals surface area contributed by atoms with E-state index in [0.717, 1.165) is 12.1 Å². The molecule has 0 aliphatic rings. The summed E-state index contributed by atoms with van der Waals surface area (Å²) in [7, 11) is -2.67. The van der Waals surface area contributed by atoms with Gasteiger partial charge in [-0.25, -0.2) is 17.5 Å². The monoisotopic (exact) mass is 496 g/mol. The van der Waals surface area contributed by atoms with E-state index in [2.05, 4.69) is 15.1 Å². The van der Waals surface area contributed by atoms with Crippen molar-refractivity contribution in [3.63, 3.8) is 0 Å². The molecule has 0 atom stereocenters. The van der Waals surface area contributed by atoms with Crippen molar-refractivity contribution < 1.29 is 27.4 Å². The van der Waals surface area contributed by atoms with Crippen molar-refractivity contribution in [1.29, 1.82) is 0 Å². The van der Waals surface area contributed by atoms with Crippen LogP contribution in [0.5, 0.6) is 11.5 Å². The summed E-state index contributed by atoms with van der Waals surface area (Å²) in [5, 5.41) is 16.8. The number of methoxy groups -OCH3 is 1. The molecule has 0 radical (unpaired) electrons. The molecule has 0 saturated carbocycles. The SMILES string of the molecule is COc1ccccc1NS(=O)(=O)c1ccc(O)c(NC(=O)c2cnn(-c3ccccc3F)c2C)c1. The first-order chi connectivity index (χ1) is 16.7. The van der Waals surface area contributed by atoms with E-state index in [1.165, 1.54) is 48.3 Å². The summed E-state index contributed by atoms with van der Waals surface area (Å²) in [4.78, 5) is 12.7. The van der Waals surface area contributed by atoms with E-state index in [-0.39, 0.29) is 33.3 Å². The average Bonchev–Trinajstić information content (AvgIpc) is 3.22. The van der Waals surface area contributed by atoms with Crippen molar-refractivity contribution in [3.05, 3.63) is 90.0 Å². The van der Waals surface area contributed by atoms with Crippen LogP contribution in [-0.4, -0.2) is 36.3 Å². The number of nitrogens with zero attached hydrogens (tertiary/aromatic N) is 2. The summed E-state index contributed by atoms with van der Waals surface area (Å²) in [6.07, 6.45) is 1.26. The highest BCUT2D eigenvalue weighted by Crippen LogP contribution is 2.30. The molecule has 0 saturated heterocycles. The number of hydrogen-bond acceptors (Lipinski definition) is 6. The summed E-state index contributed by atoms with van der Waals surface area (Å²) in [6, 6.07) is 15.9. The number of nitrogens with one attached hydrogen (secondary N) is 2. The molecule has 1 aromatic heterocycles. The highest BCUT2D eigenvalue weighted by atomic mass is 32.2. The Morgan fingerprint density at radius 3 is 2.51 bits per heavy atom. The van der Waals surface area contributed by atoms with Crippen LogP contribution in [-0.2, 0) is 10.0 Å². The zero-order valence-electron chi connectivity index (χ0n) is 18.7. The quantitative estimate of drug-likeness (QED) is 0.331. The number of sulfonamides is 1. The second-order valence-corrected chi connectivity index (χ2v) is 9.13. The number of phenols is 1. The Balaban J connectivity index is 1.60. The molecule has 0 unspecified atom stereocenters. The van der Waals surface area contributed by atoms with Gasteiger partial charge in [-0.2, -0.15) is 5.10 Å². The number of rotatable bonds is 7. The number of halogens is 1. The number of hydrogen-bond donors (Lipinski definition) is 3. The van der Waals surface area contributed by atoms with Crippen LogP contribution >= 0.6 is 0 Å². The number of carbonyl (C=O) groups is 1. The van der Waals surface area contributed by atoms with Gasteiger partial charge in [0.2, 0.25) is 0 Å². The molecule has 0 aliphatic heterocycles. The normalized spacial score (nSPS) is 11.2. The molecular weight excluding hydrogens is 475 g/mol. The van der Waals surface area contributed by atoms with Crippen molar-refractivity contribution in [1.82, 2.24) is 9.78 Å². The van der Waals surface area contributed by atoms with E-state index in [1.807, 2.05) is 0 Å². The molecule has 1 heterocycles. The molecule has 11 heteroatoms. The van der Waals surface area contributed by atoms with Crippen LogP contribution in [0.1, 0.15) is 16.1 Å². The van der Waals surface area contributed by atoms with Crippen LogP contribution in [0.3, 0.4) is 0 Å². The Kier molecular flexibility index (Phi) is 6.43. The third-order valence-corrected chi connectivity index (χ3v) is 6.58. The van der Waals surface area contributed by atoms with Gasteiger partial charge in [-0.05, 0) is 49.4 Å². The molecule has 180 valence electrons. The average molecular weight is 497 g/mol. The number of aromatic hydroxyl groups is 1. The first kappa shape index (κ1) is 23.8. The molecule has 3 aromatic carbocycles. The zero-order valence-corrected chi connectivity index (χ0v) is 19.5. The van der Waals surface area contributed by atoms with E-state index < -0.39 is 21.7 Å². The molecule has 35 heavy (non-hydrogen) atoms. The lowest BCUT2D eigenvalue weighted by Crippen LogP contribution is -2.16. The van der Waals surface area contributed by atoms with Crippen LogP contribution in [0.15, 0.2) is 77.8 Å². The smallest absolute Gasteiger partial charge is 0.262 e. The minimum absolute atomic E-state index is 0.119. The second-order valence-electron chi connectivity index (χ2n) is 7.45. The largest absolute Gasteiger partial charge is 0.506 e. The second kappa shape index (κ2) is 9.47. The summed E-state index contributed by atoms with van der Waals surface area (Å²) < 4.78 is 48.9. The molecular formula is C24H21FN4O5S. The number of aromatic nitrogens is 2. The van der Waals surface area contributed by atoms with Gasteiger partial charge in [0.15, 0.2) is 0 Å². The van der Waals surface area contributed by atoms with Gasteiger partial charge < -0.3 is 15.2 Å². The maximum absolute atomic E-state index is 14.2. The van der Waals surface area contributed by atoms with E-state index in [9.17, 15) is 22.7 Å². The topological polar surface area (TPSA) is 123 Å². The van der Waals surface area contributed by atoms with E-state index in [1.54, 1.807) is 31.2 Å². The van der Waals surface area contributed by atoms with Crippen molar-refractivity contribution in [2.45, 2.75) is 11.8 Å². The van der Waals surface area contributed by atoms with E-state index in [4.69, 9.17) is 4.74 Å². The molecule has 0 aliphatic carbocycles. The highest BCUT2D eigenvalue weighted by Gasteiger charge is 2.21. The van der Waals surface area contributed by atoms with Crippen molar-refractivity contribution in [3.8, 4) is 17.2 Å². The Hall–Kier alpha value is -4.38. The third-order valence-electron chi connectivity index (χ3n) is 5.21. The van der Waals surface area contributed by atoms with E-state index in [0.29, 0.717) is 11.4 Å². The lowest BCUT2D eigenvalue weighted by Gasteiger charge is -2.13. The number of amides is 1. The first-order valence-corrected chi connectivity index (χ1v) is 11.8. The first-order valence-electron chi connectivity index (χ1n) is 10.3. The fourth-order valence-electron chi connectivity index (χ4n) is 3.40. The van der Waals surface area contributed by atoms with Gasteiger partial charge in [0.25, 0.3) is 15.9 Å². The molecule has 4 aromatic rings. The Morgan fingerprint density at radius 1 is 1.06 bits per heavy atom. The van der Waals surface area contributed by atoms with Crippen LogP contribution in [0, 0.1) is 12.7 Å². The van der Waals surface area contributed by atoms with E-state index >= 15 is 0 Å². The lowest BCUT2D eigenvalue weighted by atomic mass is 10.2. The standard InChI is InChI=1S/C24H21FN4O5S/c1-15-17(14-26-29(15)21-9-5-3-7-18(21)25)24(31)27-20-13-16(11-12-22(20)30)35(32,33)28-19-8-4-6-10-23(19)34-2/h3-14,28,30H,1-2H3,(H,27,31). The number of anilines is 2. The van der Waals surface area contributed by atoms with Crippen molar-refractivity contribution >= 4 is 27.3 Å². The van der Waals surface area contributed by atoms with Crippen LogP contribution in [0.25, 0.3) is 5.69 Å². The summed E-state index contributed by atoms with van der Waals surface area (Å²) >= 11 is 0. The predicted octanol–water partition coefficient (Wildman–Crippen LogP) is 4.09. The molecule has 9 nitrogen and oxygen atoms in total. The molecule has 0 spiro atoms. The van der Waals surface area contributed by atoms with Gasteiger partial charge in [0.05, 0.1) is 40.8 Å². The Labute approximate surface area is 200 Å². The van der Waals surface area contributed by atoms with Gasteiger partial charge in [0, 0.05) is 0 Å². The highest BCUT2D eigenvalue weighted by molar-refractivity contribution is 7.92. The minimum atomic E-state index is -4.08.